The number of benzene rings is 1. The van der Waals surface area contributed by atoms with Gasteiger partial charge < -0.3 is 10.1 Å². The van der Waals surface area contributed by atoms with E-state index in [-0.39, 0.29) is 18.7 Å². The van der Waals surface area contributed by atoms with Gasteiger partial charge in [0.1, 0.15) is 0 Å². The van der Waals surface area contributed by atoms with Gasteiger partial charge in [0.25, 0.3) is 0 Å². The highest BCUT2D eigenvalue weighted by Gasteiger charge is 2.42. The number of allylic oxidation sites excluding steroid dienone is 1. The molecule has 0 bridgehead atoms. The number of nitrogens with one attached hydrogen (secondary N) is 1. The van der Waals surface area contributed by atoms with Gasteiger partial charge >= 0.3 is 12.0 Å². The van der Waals surface area contributed by atoms with Crippen LogP contribution in [0.5, 0.6) is 0 Å². The largest absolute Gasteiger partial charge is 0.463 e. The molecule has 0 spiro atoms. The first-order chi connectivity index (χ1) is 11.4. The van der Waals surface area contributed by atoms with Crippen molar-refractivity contribution in [3.8, 4) is 0 Å². The van der Waals surface area contributed by atoms with Gasteiger partial charge in [0, 0.05) is 11.7 Å². The van der Waals surface area contributed by atoms with E-state index in [0.717, 1.165) is 12.8 Å². The van der Waals surface area contributed by atoms with Crippen molar-refractivity contribution in [2.45, 2.75) is 38.8 Å². The molecule has 1 atom stereocenters. The number of hydrogen-bond acceptors (Lipinski definition) is 3. The maximum Gasteiger partial charge on any atom is 0.338 e. The topological polar surface area (TPSA) is 58.6 Å². The number of urea groups is 1. The number of ether oxygens (including phenoxy) is 1. The van der Waals surface area contributed by atoms with Crippen molar-refractivity contribution in [2.75, 3.05) is 6.61 Å². The second-order valence-corrected chi connectivity index (χ2v) is 6.69. The first kappa shape index (κ1) is 17.1. The molecule has 1 aromatic rings. The highest BCUT2D eigenvalue weighted by atomic mass is 35.5. The van der Waals surface area contributed by atoms with Crippen LogP contribution in [0.25, 0.3) is 0 Å². The van der Waals surface area contributed by atoms with E-state index in [1.165, 1.54) is 0 Å². The molecule has 1 heterocycles. The third-order valence-corrected chi connectivity index (χ3v) is 4.95. The summed E-state index contributed by atoms with van der Waals surface area (Å²) in [5.74, 6) is -0.434. The smallest absolute Gasteiger partial charge is 0.338 e. The fourth-order valence-corrected chi connectivity index (χ4v) is 3.25. The molecule has 5 nitrogen and oxygen atoms in total. The second-order valence-electron chi connectivity index (χ2n) is 5.88. The van der Waals surface area contributed by atoms with E-state index in [1.807, 2.05) is 0 Å². The average molecular weight is 369 g/mol. The van der Waals surface area contributed by atoms with Gasteiger partial charge in [-0.25, -0.2) is 9.59 Å². The molecule has 0 saturated heterocycles. The Morgan fingerprint density at radius 1 is 1.33 bits per heavy atom. The number of hydrogen-bond donors (Lipinski definition) is 1. The molecule has 0 unspecified atom stereocenters. The molecule has 1 aromatic carbocycles. The van der Waals surface area contributed by atoms with Crippen LogP contribution in [0, 0.1) is 0 Å². The zero-order chi connectivity index (χ0) is 17.4. The van der Waals surface area contributed by atoms with Crippen molar-refractivity contribution in [2.24, 2.45) is 0 Å². The molecule has 24 heavy (non-hydrogen) atoms. The van der Waals surface area contributed by atoms with Crippen LogP contribution >= 0.6 is 23.2 Å². The first-order valence-corrected chi connectivity index (χ1v) is 8.62. The van der Waals surface area contributed by atoms with Gasteiger partial charge in [-0.15, -0.1) is 0 Å². The summed E-state index contributed by atoms with van der Waals surface area (Å²) in [5.41, 5.74) is 1.76. The van der Waals surface area contributed by atoms with Crippen LogP contribution in [0.2, 0.25) is 10.0 Å². The van der Waals surface area contributed by atoms with Crippen LogP contribution < -0.4 is 5.32 Å². The van der Waals surface area contributed by atoms with Crippen molar-refractivity contribution in [1.82, 2.24) is 10.2 Å². The Labute approximate surface area is 150 Å². The van der Waals surface area contributed by atoms with Crippen LogP contribution in [-0.2, 0) is 9.53 Å². The summed E-state index contributed by atoms with van der Waals surface area (Å²) < 4.78 is 5.21. The van der Waals surface area contributed by atoms with Crippen molar-refractivity contribution in [3.63, 3.8) is 0 Å². The number of nitrogens with zero attached hydrogens (tertiary/aromatic N) is 1. The molecule has 1 fully saturated rings. The summed E-state index contributed by atoms with van der Waals surface area (Å²) >= 11 is 12.1. The van der Waals surface area contributed by atoms with E-state index in [2.05, 4.69) is 5.32 Å². The Hall–Kier alpha value is -1.72. The van der Waals surface area contributed by atoms with Gasteiger partial charge in [-0.05, 0) is 44.4 Å². The fraction of sp³-hybridized carbons (Fsp3) is 0.412. The van der Waals surface area contributed by atoms with Crippen molar-refractivity contribution in [1.29, 1.82) is 0 Å². The number of halogens is 2. The lowest BCUT2D eigenvalue weighted by atomic mass is 9.95. The quantitative estimate of drug-likeness (QED) is 0.815. The Morgan fingerprint density at radius 3 is 2.62 bits per heavy atom. The molecule has 2 aliphatic rings. The standard InChI is InChI=1S/C17H18Cl2N2O3/c1-3-24-16(22)14-9(2)21(11-5-6-11)17(23)20-15(14)10-4-7-12(18)13(19)8-10/h4,7-8,11,15H,3,5-6H2,1-2H3,(H,20,23)/t15-/m1/s1. The Balaban J connectivity index is 2.07. The van der Waals surface area contributed by atoms with Crippen LogP contribution in [0.4, 0.5) is 4.79 Å². The highest BCUT2D eigenvalue weighted by Crippen LogP contribution is 2.38. The van der Waals surface area contributed by atoms with Crippen molar-refractivity contribution in [3.05, 3.63) is 45.1 Å². The monoisotopic (exact) mass is 368 g/mol. The van der Waals surface area contributed by atoms with Crippen LogP contribution in [-0.4, -0.2) is 29.5 Å². The summed E-state index contributed by atoms with van der Waals surface area (Å²) in [6, 6.07) is 4.40. The molecular weight excluding hydrogens is 351 g/mol. The summed E-state index contributed by atoms with van der Waals surface area (Å²) in [6.45, 7) is 3.80. The number of carbonyl (C=O) groups excluding carboxylic acids is 2. The summed E-state index contributed by atoms with van der Waals surface area (Å²) in [5, 5.41) is 3.68. The van der Waals surface area contributed by atoms with Crippen molar-refractivity contribution >= 4 is 35.2 Å². The van der Waals surface area contributed by atoms with Gasteiger partial charge in [-0.2, -0.15) is 0 Å². The average Bonchev–Trinajstić information content (AvgIpc) is 3.34. The SMILES string of the molecule is CCOC(=O)C1=C(C)N(C2CC2)C(=O)N[C@@H]1c1ccc(Cl)c(Cl)c1. The molecule has 1 N–H and O–H groups in total. The molecule has 3 rings (SSSR count). The van der Waals surface area contributed by atoms with E-state index in [1.54, 1.807) is 36.9 Å². The first-order valence-electron chi connectivity index (χ1n) is 7.86. The van der Waals surface area contributed by atoms with Gasteiger partial charge in [-0.1, -0.05) is 29.3 Å². The number of esters is 1. The number of carbonyl (C=O) groups is 2. The third kappa shape index (κ3) is 3.10. The van der Waals surface area contributed by atoms with Gasteiger partial charge in [0.15, 0.2) is 0 Å². The maximum absolute atomic E-state index is 12.5. The Bertz CT molecular complexity index is 729. The number of rotatable bonds is 4. The zero-order valence-corrected chi connectivity index (χ0v) is 14.9. The minimum Gasteiger partial charge on any atom is -0.463 e. The zero-order valence-electron chi connectivity index (χ0n) is 13.4. The Morgan fingerprint density at radius 2 is 2.04 bits per heavy atom. The minimum atomic E-state index is -0.610. The van der Waals surface area contributed by atoms with E-state index >= 15 is 0 Å². The van der Waals surface area contributed by atoms with Crippen LogP contribution in [0.15, 0.2) is 29.5 Å². The third-order valence-electron chi connectivity index (χ3n) is 4.21. The lowest BCUT2D eigenvalue weighted by Gasteiger charge is -2.35. The van der Waals surface area contributed by atoms with E-state index in [4.69, 9.17) is 27.9 Å². The molecule has 0 aromatic heterocycles. The molecule has 1 saturated carbocycles. The molecular formula is C17H18Cl2N2O3. The number of amides is 2. The molecule has 0 radical (unpaired) electrons. The maximum atomic E-state index is 12.5. The van der Waals surface area contributed by atoms with Gasteiger partial charge in [0.05, 0.1) is 28.3 Å². The Kier molecular flexibility index (Phi) is 4.74. The molecule has 128 valence electrons. The fourth-order valence-electron chi connectivity index (χ4n) is 2.94. The molecule has 1 aliphatic heterocycles. The molecule has 2 amide bonds. The predicted molar refractivity (Wildman–Crippen MR) is 91.9 cm³/mol. The predicted octanol–water partition coefficient (Wildman–Crippen LogP) is 4.06. The van der Waals surface area contributed by atoms with Crippen LogP contribution in [0.3, 0.4) is 0 Å². The van der Waals surface area contributed by atoms with Gasteiger partial charge in [-0.3, -0.25) is 4.90 Å². The minimum absolute atomic E-state index is 0.157. The highest BCUT2D eigenvalue weighted by molar-refractivity contribution is 6.42. The van der Waals surface area contributed by atoms with Crippen molar-refractivity contribution < 1.29 is 14.3 Å². The van der Waals surface area contributed by atoms with E-state index in [9.17, 15) is 9.59 Å². The summed E-state index contributed by atoms with van der Waals surface area (Å²) in [6.07, 6.45) is 1.89. The molecule has 7 heteroatoms. The lowest BCUT2D eigenvalue weighted by Crippen LogP contribution is -2.48. The lowest BCUT2D eigenvalue weighted by molar-refractivity contribution is -0.139. The summed E-state index contributed by atoms with van der Waals surface area (Å²) in [7, 11) is 0. The second kappa shape index (κ2) is 6.65. The van der Waals surface area contributed by atoms with E-state index in [0.29, 0.717) is 26.9 Å². The molecule has 1 aliphatic carbocycles. The summed E-state index contributed by atoms with van der Waals surface area (Å²) in [4.78, 5) is 26.7. The van der Waals surface area contributed by atoms with Crippen LogP contribution in [0.1, 0.15) is 38.3 Å². The van der Waals surface area contributed by atoms with E-state index < -0.39 is 12.0 Å². The van der Waals surface area contributed by atoms with Gasteiger partial charge in [0.2, 0.25) is 0 Å². The normalized spacial score (nSPS) is 20.9.